The van der Waals surface area contributed by atoms with E-state index in [4.69, 9.17) is 4.74 Å². The number of likely N-dealkylation sites (N-methyl/N-ethyl adjacent to an activating group) is 1. The summed E-state index contributed by atoms with van der Waals surface area (Å²) in [6.07, 6.45) is 6.97. The molecule has 0 aromatic heterocycles. The highest BCUT2D eigenvalue weighted by atomic mass is 16.5. The van der Waals surface area contributed by atoms with Crippen LogP contribution in [0, 0.1) is 5.92 Å². The summed E-state index contributed by atoms with van der Waals surface area (Å²) in [7, 11) is 3.91. The Morgan fingerprint density at radius 1 is 1.25 bits per heavy atom. The topological polar surface area (TPSA) is 24.5 Å². The van der Waals surface area contributed by atoms with Crippen molar-refractivity contribution in [3.63, 3.8) is 0 Å². The number of nitrogens with one attached hydrogen (secondary N) is 1. The lowest BCUT2D eigenvalue weighted by atomic mass is 9.85. The maximum atomic E-state index is 5.46. The van der Waals surface area contributed by atoms with E-state index in [1.54, 1.807) is 7.11 Å². The molecule has 0 radical (unpaired) electrons. The molecule has 3 nitrogen and oxygen atoms in total. The van der Waals surface area contributed by atoms with Crippen LogP contribution >= 0.6 is 0 Å². The summed E-state index contributed by atoms with van der Waals surface area (Å²) >= 11 is 0. The van der Waals surface area contributed by atoms with Crippen LogP contribution in [-0.4, -0.2) is 32.8 Å². The summed E-state index contributed by atoms with van der Waals surface area (Å²) in [4.78, 5) is 2.33. The van der Waals surface area contributed by atoms with Crippen molar-refractivity contribution in [2.75, 3.05) is 25.6 Å². The van der Waals surface area contributed by atoms with Gasteiger partial charge in [-0.05, 0) is 37.3 Å². The van der Waals surface area contributed by atoms with Gasteiger partial charge in [0.15, 0.2) is 0 Å². The van der Waals surface area contributed by atoms with Gasteiger partial charge in [-0.3, -0.25) is 0 Å². The van der Waals surface area contributed by atoms with Gasteiger partial charge < -0.3 is 15.0 Å². The number of ether oxygens (including phenoxy) is 1. The van der Waals surface area contributed by atoms with Gasteiger partial charge in [-0.15, -0.1) is 0 Å². The van der Waals surface area contributed by atoms with Gasteiger partial charge in [0.05, 0.1) is 12.8 Å². The minimum absolute atomic E-state index is 0.623. The largest absolute Gasteiger partial charge is 0.495 e. The Kier molecular flexibility index (Phi) is 4.16. The van der Waals surface area contributed by atoms with Gasteiger partial charge in [0.25, 0.3) is 0 Å². The summed E-state index contributed by atoms with van der Waals surface area (Å²) in [6.45, 7) is 1.06. The van der Waals surface area contributed by atoms with Crippen LogP contribution in [0.25, 0.3) is 0 Å². The zero-order valence-electron chi connectivity index (χ0n) is 12.6. The summed E-state index contributed by atoms with van der Waals surface area (Å²) < 4.78 is 5.46. The Labute approximate surface area is 122 Å². The predicted molar refractivity (Wildman–Crippen MR) is 83.6 cm³/mol. The van der Waals surface area contributed by atoms with Gasteiger partial charge in [-0.1, -0.05) is 25.0 Å². The minimum Gasteiger partial charge on any atom is -0.495 e. The predicted octanol–water partition coefficient (Wildman–Crippen LogP) is 3.05. The SMILES string of the molecule is COc1ccccc1N(C)CC1CC2CCCCC2N1. The maximum absolute atomic E-state index is 5.46. The fraction of sp³-hybridized carbons (Fsp3) is 0.647. The van der Waals surface area contributed by atoms with Gasteiger partial charge in [0.2, 0.25) is 0 Å². The summed E-state index contributed by atoms with van der Waals surface area (Å²) in [5.41, 5.74) is 1.19. The van der Waals surface area contributed by atoms with Crippen molar-refractivity contribution in [2.24, 2.45) is 5.92 Å². The van der Waals surface area contributed by atoms with Crippen molar-refractivity contribution in [1.82, 2.24) is 5.32 Å². The molecule has 1 saturated carbocycles. The Hall–Kier alpha value is -1.22. The molecule has 1 aromatic rings. The second-order valence-electron chi connectivity index (χ2n) is 6.30. The van der Waals surface area contributed by atoms with Crippen molar-refractivity contribution in [1.29, 1.82) is 0 Å². The van der Waals surface area contributed by atoms with Crippen molar-refractivity contribution in [2.45, 2.75) is 44.2 Å². The Morgan fingerprint density at radius 2 is 2.05 bits per heavy atom. The van der Waals surface area contributed by atoms with Crippen LogP contribution in [0.15, 0.2) is 24.3 Å². The molecule has 3 unspecified atom stereocenters. The smallest absolute Gasteiger partial charge is 0.142 e. The summed E-state index contributed by atoms with van der Waals surface area (Å²) in [6, 6.07) is 9.68. The number of para-hydroxylation sites is 2. The van der Waals surface area contributed by atoms with E-state index in [-0.39, 0.29) is 0 Å². The minimum atomic E-state index is 0.623. The van der Waals surface area contributed by atoms with Crippen LogP contribution in [0.3, 0.4) is 0 Å². The molecule has 110 valence electrons. The fourth-order valence-electron chi connectivity index (χ4n) is 3.95. The molecule has 0 amide bonds. The van der Waals surface area contributed by atoms with E-state index in [1.165, 1.54) is 37.8 Å². The number of benzene rings is 1. The van der Waals surface area contributed by atoms with Crippen molar-refractivity contribution >= 4 is 5.69 Å². The number of hydrogen-bond donors (Lipinski definition) is 1. The molecule has 1 saturated heterocycles. The van der Waals surface area contributed by atoms with E-state index in [2.05, 4.69) is 29.4 Å². The number of rotatable bonds is 4. The van der Waals surface area contributed by atoms with Gasteiger partial charge in [0.1, 0.15) is 5.75 Å². The lowest BCUT2D eigenvalue weighted by Crippen LogP contribution is -2.39. The molecule has 2 aliphatic rings. The highest BCUT2D eigenvalue weighted by Gasteiger charge is 2.35. The molecule has 3 rings (SSSR count). The van der Waals surface area contributed by atoms with Gasteiger partial charge >= 0.3 is 0 Å². The lowest BCUT2D eigenvalue weighted by molar-refractivity contribution is 0.325. The number of anilines is 1. The van der Waals surface area contributed by atoms with Crippen LogP contribution in [0.2, 0.25) is 0 Å². The van der Waals surface area contributed by atoms with Crippen LogP contribution in [0.4, 0.5) is 5.69 Å². The number of methoxy groups -OCH3 is 1. The first-order chi connectivity index (χ1) is 9.78. The number of fused-ring (bicyclic) bond motifs is 1. The monoisotopic (exact) mass is 274 g/mol. The van der Waals surface area contributed by atoms with Gasteiger partial charge in [-0.2, -0.15) is 0 Å². The van der Waals surface area contributed by atoms with E-state index in [0.29, 0.717) is 6.04 Å². The second-order valence-corrected chi connectivity index (χ2v) is 6.30. The Bertz CT molecular complexity index is 434. The molecule has 2 fully saturated rings. The van der Waals surface area contributed by atoms with Gasteiger partial charge in [0, 0.05) is 25.7 Å². The van der Waals surface area contributed by atoms with Crippen molar-refractivity contribution in [3.8, 4) is 5.75 Å². The van der Waals surface area contributed by atoms with E-state index in [9.17, 15) is 0 Å². The molecule has 1 N–H and O–H groups in total. The highest BCUT2D eigenvalue weighted by Crippen LogP contribution is 2.34. The average Bonchev–Trinajstić information content (AvgIpc) is 2.89. The first kappa shape index (κ1) is 13.7. The van der Waals surface area contributed by atoms with E-state index in [1.807, 2.05) is 12.1 Å². The standard InChI is InChI=1S/C17H26N2O/c1-19(16-9-5-6-10-17(16)20-2)12-14-11-13-7-3-4-8-15(13)18-14/h5-6,9-10,13-15,18H,3-4,7-8,11-12H2,1-2H3. The third kappa shape index (κ3) is 2.78. The van der Waals surface area contributed by atoms with Crippen LogP contribution in [-0.2, 0) is 0 Å². The fourth-order valence-corrected chi connectivity index (χ4v) is 3.95. The molecule has 1 aromatic carbocycles. The van der Waals surface area contributed by atoms with Crippen molar-refractivity contribution < 1.29 is 4.74 Å². The first-order valence-corrected chi connectivity index (χ1v) is 7.88. The van der Waals surface area contributed by atoms with Crippen LogP contribution < -0.4 is 15.0 Å². The molecule has 1 heterocycles. The normalized spacial score (nSPS) is 29.0. The zero-order chi connectivity index (χ0) is 13.9. The third-order valence-corrected chi connectivity index (χ3v) is 4.94. The van der Waals surface area contributed by atoms with Gasteiger partial charge in [-0.25, -0.2) is 0 Å². The van der Waals surface area contributed by atoms with E-state index < -0.39 is 0 Å². The van der Waals surface area contributed by atoms with Crippen LogP contribution in [0.5, 0.6) is 5.75 Å². The van der Waals surface area contributed by atoms with Crippen molar-refractivity contribution in [3.05, 3.63) is 24.3 Å². The quantitative estimate of drug-likeness (QED) is 0.913. The third-order valence-electron chi connectivity index (χ3n) is 4.94. The molecule has 3 heteroatoms. The molecule has 20 heavy (non-hydrogen) atoms. The molecule has 3 atom stereocenters. The summed E-state index contributed by atoms with van der Waals surface area (Å²) in [5, 5.41) is 3.85. The molecule has 1 aliphatic carbocycles. The second kappa shape index (κ2) is 6.04. The first-order valence-electron chi connectivity index (χ1n) is 7.88. The molecule has 0 bridgehead atoms. The van der Waals surface area contributed by atoms with E-state index >= 15 is 0 Å². The highest BCUT2D eigenvalue weighted by molar-refractivity contribution is 5.57. The number of hydrogen-bond acceptors (Lipinski definition) is 3. The average molecular weight is 274 g/mol. The number of nitrogens with zero attached hydrogens (tertiary/aromatic N) is 1. The molecular formula is C17H26N2O. The Morgan fingerprint density at radius 3 is 2.85 bits per heavy atom. The summed E-state index contributed by atoms with van der Waals surface area (Å²) in [5.74, 6) is 1.88. The zero-order valence-corrected chi connectivity index (χ0v) is 12.6. The maximum Gasteiger partial charge on any atom is 0.142 e. The van der Waals surface area contributed by atoms with Crippen LogP contribution in [0.1, 0.15) is 32.1 Å². The van der Waals surface area contributed by atoms with E-state index in [0.717, 1.165) is 24.3 Å². The molecule has 1 aliphatic heterocycles. The molecule has 0 spiro atoms. The molecular weight excluding hydrogens is 248 g/mol. The lowest BCUT2D eigenvalue weighted by Gasteiger charge is -2.26. The Balaban J connectivity index is 1.63.